The van der Waals surface area contributed by atoms with Gasteiger partial charge >= 0.3 is 12.2 Å². The molecule has 11 heteroatoms. The van der Waals surface area contributed by atoms with E-state index in [0.717, 1.165) is 10.4 Å². The third-order valence-corrected chi connectivity index (χ3v) is 5.54. The molecule has 0 aliphatic carbocycles. The van der Waals surface area contributed by atoms with Crippen LogP contribution in [0.4, 0.5) is 22.4 Å². The second kappa shape index (κ2) is 6.55. The van der Waals surface area contributed by atoms with Crippen molar-refractivity contribution in [2.45, 2.75) is 17.5 Å². The first-order valence-corrected chi connectivity index (χ1v) is 8.39. The number of nitrogens with zero attached hydrogens (tertiary/aromatic N) is 2. The number of hydrogen-bond donors (Lipinski definition) is 1. The van der Waals surface area contributed by atoms with E-state index in [4.69, 9.17) is 5.73 Å². The molecule has 1 fully saturated rings. The number of carbonyl (C=O) groups is 1. The van der Waals surface area contributed by atoms with Crippen LogP contribution in [0.2, 0.25) is 0 Å². The molecule has 6 nitrogen and oxygen atoms in total. The smallest absolute Gasteiger partial charge is 0.351 e. The van der Waals surface area contributed by atoms with E-state index in [-0.39, 0.29) is 38.7 Å². The highest BCUT2D eigenvalue weighted by Crippen LogP contribution is 2.33. The van der Waals surface area contributed by atoms with Crippen LogP contribution in [0.25, 0.3) is 0 Å². The fourth-order valence-corrected chi connectivity index (χ4v) is 3.88. The van der Waals surface area contributed by atoms with Crippen molar-refractivity contribution in [3.05, 3.63) is 29.6 Å². The lowest BCUT2D eigenvalue weighted by Crippen LogP contribution is -2.39. The van der Waals surface area contributed by atoms with E-state index in [1.54, 1.807) is 0 Å². The summed E-state index contributed by atoms with van der Waals surface area (Å²) in [6.45, 7) is 0.190. The normalized spacial score (nSPS) is 17.6. The Morgan fingerprint density at radius 3 is 2.38 bits per heavy atom. The van der Waals surface area contributed by atoms with Crippen LogP contribution in [-0.4, -0.2) is 49.8 Å². The maximum absolute atomic E-state index is 13.3. The van der Waals surface area contributed by atoms with Crippen molar-refractivity contribution in [3.63, 3.8) is 0 Å². The topological polar surface area (TPSA) is 83.7 Å². The molecule has 2 rings (SSSR count). The van der Waals surface area contributed by atoms with Crippen molar-refractivity contribution in [3.8, 4) is 0 Å². The summed E-state index contributed by atoms with van der Waals surface area (Å²) in [5, 5.41) is 0. The standard InChI is InChI=1S/C13H15F4N3O3S/c14-11-3-2-9(8-10(11)13(15,16)17)24(22,23)20-5-1-4-19(6-7-20)12(18)21/h2-3,8H,1,4-7H2,(H2,18,21). The molecule has 24 heavy (non-hydrogen) atoms. The molecule has 1 heterocycles. The van der Waals surface area contributed by atoms with Crippen molar-refractivity contribution in [2.75, 3.05) is 26.2 Å². The van der Waals surface area contributed by atoms with Gasteiger partial charge in [0.25, 0.3) is 0 Å². The molecule has 1 aliphatic heterocycles. The number of nitrogens with two attached hydrogens (primary N) is 1. The molecule has 1 aromatic rings. The van der Waals surface area contributed by atoms with Gasteiger partial charge in [-0.05, 0) is 24.6 Å². The van der Waals surface area contributed by atoms with Gasteiger partial charge in [0, 0.05) is 26.2 Å². The minimum absolute atomic E-state index is 0.0187. The second-order valence-corrected chi connectivity index (χ2v) is 7.16. The molecule has 0 unspecified atom stereocenters. The van der Waals surface area contributed by atoms with Gasteiger partial charge in [0.2, 0.25) is 10.0 Å². The fourth-order valence-electron chi connectivity index (χ4n) is 2.39. The predicted molar refractivity (Wildman–Crippen MR) is 75.9 cm³/mol. The Balaban J connectivity index is 2.32. The molecule has 0 spiro atoms. The third kappa shape index (κ3) is 3.78. The lowest BCUT2D eigenvalue weighted by atomic mass is 10.2. The molecule has 0 aromatic heterocycles. The summed E-state index contributed by atoms with van der Waals surface area (Å²) in [6.07, 6.45) is -4.72. The molecule has 2 N–H and O–H groups in total. The number of hydrogen-bond acceptors (Lipinski definition) is 3. The van der Waals surface area contributed by atoms with Gasteiger partial charge in [0.1, 0.15) is 5.82 Å². The largest absolute Gasteiger partial charge is 0.419 e. The number of alkyl halides is 3. The van der Waals surface area contributed by atoms with E-state index in [1.807, 2.05) is 0 Å². The van der Waals surface area contributed by atoms with Crippen molar-refractivity contribution < 1.29 is 30.8 Å². The molecular formula is C13H15F4N3O3S. The quantitative estimate of drug-likeness (QED) is 0.804. The van der Waals surface area contributed by atoms with E-state index in [9.17, 15) is 30.8 Å². The van der Waals surface area contributed by atoms with Crippen molar-refractivity contribution >= 4 is 16.1 Å². The van der Waals surface area contributed by atoms with E-state index >= 15 is 0 Å². The van der Waals surface area contributed by atoms with Gasteiger partial charge in [0.15, 0.2) is 0 Å². The molecule has 0 radical (unpaired) electrons. The lowest BCUT2D eigenvalue weighted by molar-refractivity contribution is -0.140. The maximum Gasteiger partial charge on any atom is 0.419 e. The molecule has 0 atom stereocenters. The van der Waals surface area contributed by atoms with Crippen LogP contribution in [0.1, 0.15) is 12.0 Å². The van der Waals surface area contributed by atoms with Crippen LogP contribution in [0.5, 0.6) is 0 Å². The Morgan fingerprint density at radius 1 is 1.12 bits per heavy atom. The average molecular weight is 369 g/mol. The highest BCUT2D eigenvalue weighted by molar-refractivity contribution is 7.89. The van der Waals surface area contributed by atoms with E-state index in [1.165, 1.54) is 4.90 Å². The molecule has 0 saturated carbocycles. The zero-order chi connectivity index (χ0) is 18.1. The van der Waals surface area contributed by atoms with Gasteiger partial charge < -0.3 is 10.6 Å². The summed E-state index contributed by atoms with van der Waals surface area (Å²) < 4.78 is 77.6. The zero-order valence-electron chi connectivity index (χ0n) is 12.4. The third-order valence-electron chi connectivity index (χ3n) is 3.65. The second-order valence-electron chi connectivity index (χ2n) is 5.22. The van der Waals surface area contributed by atoms with E-state index in [0.29, 0.717) is 6.07 Å². The summed E-state index contributed by atoms with van der Waals surface area (Å²) in [6, 6.07) is 0.844. The lowest BCUT2D eigenvalue weighted by Gasteiger charge is -2.21. The first-order valence-electron chi connectivity index (χ1n) is 6.95. The Bertz CT molecular complexity index is 736. The minimum Gasteiger partial charge on any atom is -0.351 e. The van der Waals surface area contributed by atoms with Crippen molar-refractivity contribution in [1.82, 2.24) is 9.21 Å². The van der Waals surface area contributed by atoms with Crippen LogP contribution in [0.15, 0.2) is 23.1 Å². The minimum atomic E-state index is -5.00. The molecule has 1 aliphatic rings. The first kappa shape index (κ1) is 18.5. The number of urea groups is 1. The molecule has 1 saturated heterocycles. The highest BCUT2D eigenvalue weighted by atomic mass is 32.2. The maximum atomic E-state index is 13.3. The molecular weight excluding hydrogens is 354 g/mol. The summed E-state index contributed by atoms with van der Waals surface area (Å²) in [7, 11) is -4.25. The fraction of sp³-hybridized carbons (Fsp3) is 0.462. The van der Waals surface area contributed by atoms with E-state index < -0.39 is 38.5 Å². The van der Waals surface area contributed by atoms with Gasteiger partial charge in [-0.2, -0.15) is 17.5 Å². The monoisotopic (exact) mass is 369 g/mol. The van der Waals surface area contributed by atoms with Gasteiger partial charge in [-0.1, -0.05) is 0 Å². The Hall–Kier alpha value is -1.88. The Morgan fingerprint density at radius 2 is 1.79 bits per heavy atom. The summed E-state index contributed by atoms with van der Waals surface area (Å²) in [4.78, 5) is 11.7. The Labute approximate surface area is 135 Å². The first-order chi connectivity index (χ1) is 11.0. The van der Waals surface area contributed by atoms with Crippen LogP contribution in [-0.2, 0) is 16.2 Å². The average Bonchev–Trinajstić information content (AvgIpc) is 2.72. The molecule has 0 bridgehead atoms. The van der Waals surface area contributed by atoms with Gasteiger partial charge in [0.05, 0.1) is 10.5 Å². The number of sulfonamides is 1. The SMILES string of the molecule is NC(=O)N1CCCN(S(=O)(=O)c2ccc(F)c(C(F)(F)F)c2)CC1. The number of halogens is 4. The van der Waals surface area contributed by atoms with Crippen LogP contribution in [0.3, 0.4) is 0 Å². The van der Waals surface area contributed by atoms with Crippen LogP contribution >= 0.6 is 0 Å². The number of amides is 2. The van der Waals surface area contributed by atoms with Crippen molar-refractivity contribution in [2.24, 2.45) is 5.73 Å². The van der Waals surface area contributed by atoms with Gasteiger partial charge in [-0.15, -0.1) is 0 Å². The Kier molecular flexibility index (Phi) is 5.04. The van der Waals surface area contributed by atoms with Crippen molar-refractivity contribution in [1.29, 1.82) is 0 Å². The summed E-state index contributed by atoms with van der Waals surface area (Å²) in [5.74, 6) is -1.54. The highest BCUT2D eigenvalue weighted by Gasteiger charge is 2.36. The van der Waals surface area contributed by atoms with Crippen LogP contribution < -0.4 is 5.73 Å². The van der Waals surface area contributed by atoms with Gasteiger partial charge in [-0.3, -0.25) is 0 Å². The number of benzene rings is 1. The number of rotatable bonds is 2. The zero-order valence-corrected chi connectivity index (χ0v) is 13.2. The van der Waals surface area contributed by atoms with Gasteiger partial charge in [-0.25, -0.2) is 17.6 Å². The van der Waals surface area contributed by atoms with Crippen LogP contribution in [0, 0.1) is 5.82 Å². The summed E-state index contributed by atoms with van der Waals surface area (Å²) in [5.41, 5.74) is 3.50. The molecule has 1 aromatic carbocycles. The van der Waals surface area contributed by atoms with E-state index in [2.05, 4.69) is 0 Å². The molecule has 2 amide bonds. The number of carbonyl (C=O) groups excluding carboxylic acids is 1. The summed E-state index contributed by atoms with van der Waals surface area (Å²) >= 11 is 0. The number of primary amides is 1. The molecule has 134 valence electrons. The predicted octanol–water partition coefficient (Wildman–Crippen LogP) is 1.62.